The molecular formula is C25H33N3O3. The number of aryl methyl sites for hydroxylation is 2. The molecule has 0 aliphatic carbocycles. The number of nitrogens with one attached hydrogen (secondary N) is 1. The zero-order valence-corrected chi connectivity index (χ0v) is 19.6. The van der Waals surface area contributed by atoms with Gasteiger partial charge in [-0.1, -0.05) is 13.8 Å². The van der Waals surface area contributed by atoms with E-state index >= 15 is 0 Å². The van der Waals surface area contributed by atoms with Crippen LogP contribution < -0.4 is 19.5 Å². The van der Waals surface area contributed by atoms with Crippen LogP contribution in [0.25, 0.3) is 10.9 Å². The van der Waals surface area contributed by atoms with Crippen molar-refractivity contribution in [1.82, 2.24) is 9.88 Å². The molecule has 0 fully saturated rings. The third kappa shape index (κ3) is 4.69. The monoisotopic (exact) mass is 423 g/mol. The van der Waals surface area contributed by atoms with Crippen molar-refractivity contribution in [1.29, 1.82) is 0 Å². The fourth-order valence-corrected chi connectivity index (χ4v) is 3.99. The molecule has 0 aliphatic rings. The van der Waals surface area contributed by atoms with Gasteiger partial charge in [0.05, 0.1) is 32.4 Å². The third-order valence-electron chi connectivity index (χ3n) is 5.60. The molecule has 1 aromatic heterocycles. The molecule has 0 radical (unpaired) electrons. The minimum atomic E-state index is 0.710. The van der Waals surface area contributed by atoms with Gasteiger partial charge >= 0.3 is 0 Å². The number of nitrogens with zero attached hydrogens (tertiary/aromatic N) is 2. The lowest BCUT2D eigenvalue weighted by molar-refractivity contribution is 0.289. The molecule has 0 unspecified atom stereocenters. The van der Waals surface area contributed by atoms with Gasteiger partial charge in [0.15, 0.2) is 5.75 Å². The Kier molecular flexibility index (Phi) is 7.23. The maximum Gasteiger partial charge on any atom is 0.152 e. The van der Waals surface area contributed by atoms with Gasteiger partial charge in [-0.2, -0.15) is 0 Å². The highest BCUT2D eigenvalue weighted by atomic mass is 16.5. The molecule has 2 aromatic carbocycles. The minimum absolute atomic E-state index is 0.710. The van der Waals surface area contributed by atoms with Gasteiger partial charge in [0.1, 0.15) is 17.0 Å². The van der Waals surface area contributed by atoms with Gasteiger partial charge < -0.3 is 19.5 Å². The molecule has 6 nitrogen and oxygen atoms in total. The van der Waals surface area contributed by atoms with Gasteiger partial charge in [0.25, 0.3) is 0 Å². The van der Waals surface area contributed by atoms with Gasteiger partial charge in [0, 0.05) is 29.6 Å². The molecule has 166 valence electrons. The fourth-order valence-electron chi connectivity index (χ4n) is 3.99. The van der Waals surface area contributed by atoms with E-state index in [0.29, 0.717) is 5.75 Å². The first-order valence-electron chi connectivity index (χ1n) is 10.6. The highest BCUT2D eigenvalue weighted by Gasteiger charge is 2.18. The van der Waals surface area contributed by atoms with Gasteiger partial charge in [-0.25, -0.2) is 4.98 Å². The van der Waals surface area contributed by atoms with Gasteiger partial charge in [0.2, 0.25) is 0 Å². The SMILES string of the molecule is CCN(CC)Cc1cc(Nc2cc(OC)c3nc(C)cc(C)c3c2OC)ccc1OC. The molecule has 6 heteroatoms. The summed E-state index contributed by atoms with van der Waals surface area (Å²) < 4.78 is 17.1. The van der Waals surface area contributed by atoms with E-state index in [4.69, 9.17) is 19.2 Å². The second-order valence-corrected chi connectivity index (χ2v) is 7.58. The summed E-state index contributed by atoms with van der Waals surface area (Å²) in [5, 5.41) is 4.48. The zero-order chi connectivity index (χ0) is 22.5. The Morgan fingerprint density at radius 1 is 0.903 bits per heavy atom. The standard InChI is InChI=1S/C25H33N3O3/c1-8-28(9-2)15-18-13-19(10-11-21(18)29-5)27-20-14-22(30-6)24-23(25(20)31-7)16(3)12-17(4)26-24/h10-14,27H,8-9,15H2,1-7H3. The van der Waals surface area contributed by atoms with Crippen molar-refractivity contribution in [3.63, 3.8) is 0 Å². The molecule has 1 heterocycles. The quantitative estimate of drug-likeness (QED) is 0.493. The van der Waals surface area contributed by atoms with Crippen LogP contribution in [0.4, 0.5) is 11.4 Å². The largest absolute Gasteiger partial charge is 0.496 e. The molecule has 0 saturated carbocycles. The van der Waals surface area contributed by atoms with E-state index in [1.807, 2.05) is 25.1 Å². The normalized spacial score (nSPS) is 11.1. The van der Waals surface area contributed by atoms with Crippen LogP contribution in [-0.2, 0) is 6.54 Å². The predicted molar refractivity (Wildman–Crippen MR) is 127 cm³/mol. The highest BCUT2D eigenvalue weighted by molar-refractivity contribution is 5.98. The number of hydrogen-bond acceptors (Lipinski definition) is 6. The summed E-state index contributed by atoms with van der Waals surface area (Å²) in [7, 11) is 5.06. The number of ether oxygens (including phenoxy) is 3. The number of pyridine rings is 1. The van der Waals surface area contributed by atoms with E-state index in [1.165, 1.54) is 0 Å². The summed E-state index contributed by atoms with van der Waals surface area (Å²) in [6.07, 6.45) is 0. The summed E-state index contributed by atoms with van der Waals surface area (Å²) in [6, 6.07) is 10.2. The summed E-state index contributed by atoms with van der Waals surface area (Å²) in [4.78, 5) is 7.06. The molecule has 0 amide bonds. The number of anilines is 2. The number of hydrogen-bond donors (Lipinski definition) is 1. The van der Waals surface area contributed by atoms with E-state index in [1.54, 1.807) is 21.3 Å². The zero-order valence-electron chi connectivity index (χ0n) is 19.6. The Morgan fingerprint density at radius 3 is 2.23 bits per heavy atom. The van der Waals surface area contributed by atoms with Crippen molar-refractivity contribution in [3.8, 4) is 17.2 Å². The number of methoxy groups -OCH3 is 3. The van der Waals surface area contributed by atoms with Gasteiger partial charge in [-0.15, -0.1) is 0 Å². The maximum absolute atomic E-state index is 5.83. The average Bonchev–Trinajstić information content (AvgIpc) is 2.77. The second-order valence-electron chi connectivity index (χ2n) is 7.58. The number of benzene rings is 2. The van der Waals surface area contributed by atoms with Crippen molar-refractivity contribution >= 4 is 22.3 Å². The molecular weight excluding hydrogens is 390 g/mol. The first kappa shape index (κ1) is 22.7. The van der Waals surface area contributed by atoms with E-state index in [0.717, 1.165) is 70.2 Å². The van der Waals surface area contributed by atoms with Gasteiger partial charge in [-0.05, 0) is 56.8 Å². The molecule has 0 saturated heterocycles. The lowest BCUT2D eigenvalue weighted by Gasteiger charge is -2.21. The number of rotatable bonds is 9. The van der Waals surface area contributed by atoms with Crippen LogP contribution in [0.3, 0.4) is 0 Å². The van der Waals surface area contributed by atoms with Crippen LogP contribution in [0.2, 0.25) is 0 Å². The molecule has 31 heavy (non-hydrogen) atoms. The Hall–Kier alpha value is -2.99. The number of fused-ring (bicyclic) bond motifs is 1. The van der Waals surface area contributed by atoms with E-state index in [-0.39, 0.29) is 0 Å². The summed E-state index contributed by atoms with van der Waals surface area (Å²) in [5.41, 5.74) is 5.77. The lowest BCUT2D eigenvalue weighted by Crippen LogP contribution is -2.22. The average molecular weight is 424 g/mol. The van der Waals surface area contributed by atoms with Crippen molar-refractivity contribution < 1.29 is 14.2 Å². The van der Waals surface area contributed by atoms with Gasteiger partial charge in [-0.3, -0.25) is 4.90 Å². The molecule has 0 spiro atoms. The second kappa shape index (κ2) is 9.88. The topological polar surface area (TPSA) is 55.9 Å². The first-order valence-corrected chi connectivity index (χ1v) is 10.6. The lowest BCUT2D eigenvalue weighted by atomic mass is 10.1. The summed E-state index contributed by atoms with van der Waals surface area (Å²) >= 11 is 0. The van der Waals surface area contributed by atoms with Crippen LogP contribution in [0.15, 0.2) is 30.3 Å². The van der Waals surface area contributed by atoms with Crippen LogP contribution in [0.5, 0.6) is 17.2 Å². The molecule has 3 aromatic rings. The number of aromatic nitrogens is 1. The van der Waals surface area contributed by atoms with Crippen molar-refractivity contribution in [2.45, 2.75) is 34.2 Å². The summed E-state index contributed by atoms with van der Waals surface area (Å²) in [6.45, 7) is 11.2. The third-order valence-corrected chi connectivity index (χ3v) is 5.60. The maximum atomic E-state index is 5.83. The van der Waals surface area contributed by atoms with E-state index in [9.17, 15) is 0 Å². The van der Waals surface area contributed by atoms with Crippen LogP contribution in [-0.4, -0.2) is 44.3 Å². The Balaban J connectivity index is 2.09. The van der Waals surface area contributed by atoms with E-state index in [2.05, 4.69) is 43.1 Å². The molecule has 1 N–H and O–H groups in total. The molecule has 0 bridgehead atoms. The molecule has 3 rings (SSSR count). The molecule has 0 aliphatic heterocycles. The minimum Gasteiger partial charge on any atom is -0.496 e. The van der Waals surface area contributed by atoms with Crippen molar-refractivity contribution in [3.05, 3.63) is 47.2 Å². The van der Waals surface area contributed by atoms with E-state index < -0.39 is 0 Å². The predicted octanol–water partition coefficient (Wildman–Crippen LogP) is 5.46. The smallest absolute Gasteiger partial charge is 0.152 e. The first-order chi connectivity index (χ1) is 14.9. The van der Waals surface area contributed by atoms with Crippen LogP contribution in [0, 0.1) is 13.8 Å². The van der Waals surface area contributed by atoms with Crippen LogP contribution >= 0.6 is 0 Å². The van der Waals surface area contributed by atoms with Crippen LogP contribution in [0.1, 0.15) is 30.7 Å². The highest BCUT2D eigenvalue weighted by Crippen LogP contribution is 2.42. The van der Waals surface area contributed by atoms with Crippen molar-refractivity contribution in [2.24, 2.45) is 0 Å². The Labute approximate surface area is 185 Å². The van der Waals surface area contributed by atoms with Crippen molar-refractivity contribution in [2.75, 3.05) is 39.7 Å². The summed E-state index contributed by atoms with van der Waals surface area (Å²) in [5.74, 6) is 2.35. The molecule has 0 atom stereocenters. The Bertz CT molecular complexity index is 1060. The fraction of sp³-hybridized carbons (Fsp3) is 0.400. The Morgan fingerprint density at radius 2 is 1.61 bits per heavy atom.